The summed E-state index contributed by atoms with van der Waals surface area (Å²) in [5.74, 6) is -0.0993. The lowest BCUT2D eigenvalue weighted by Gasteiger charge is -2.33. The number of sulfonamides is 1. The summed E-state index contributed by atoms with van der Waals surface area (Å²) in [6.45, 7) is 7.32. The third-order valence-electron chi connectivity index (χ3n) is 4.34. The average molecular weight is 428 g/mol. The van der Waals surface area contributed by atoms with Gasteiger partial charge >= 0.3 is 0 Å². The van der Waals surface area contributed by atoms with Crippen LogP contribution in [-0.2, 0) is 15.4 Å². The molecule has 1 saturated heterocycles. The van der Waals surface area contributed by atoms with Gasteiger partial charge in [-0.1, -0.05) is 44.5 Å². The van der Waals surface area contributed by atoms with Crippen molar-refractivity contribution in [3.05, 3.63) is 45.4 Å². The molecule has 0 radical (unpaired) electrons. The fraction of sp³-hybridized carbons (Fsp3) is 0.444. The lowest BCUT2D eigenvalue weighted by Crippen LogP contribution is -2.50. The molecule has 1 amide bonds. The zero-order chi connectivity index (χ0) is 19.8. The molecule has 0 atom stereocenters. The van der Waals surface area contributed by atoms with Crippen molar-refractivity contribution in [1.82, 2.24) is 14.2 Å². The molecule has 0 N–H and O–H groups in total. The van der Waals surface area contributed by atoms with Gasteiger partial charge in [0.25, 0.3) is 5.91 Å². The normalized spacial score (nSPS) is 16.5. The van der Waals surface area contributed by atoms with Gasteiger partial charge in [-0.2, -0.15) is 4.31 Å². The van der Waals surface area contributed by atoms with E-state index < -0.39 is 10.0 Å². The second-order valence-corrected chi connectivity index (χ2v) is 10.8. The number of piperazine rings is 1. The van der Waals surface area contributed by atoms with Crippen LogP contribution in [0.5, 0.6) is 0 Å². The average Bonchev–Trinajstić information content (AvgIpc) is 3.12. The van der Waals surface area contributed by atoms with E-state index in [4.69, 9.17) is 11.6 Å². The van der Waals surface area contributed by atoms with Crippen molar-refractivity contribution in [2.75, 3.05) is 26.2 Å². The smallest absolute Gasteiger partial charge is 0.265 e. The minimum Gasteiger partial charge on any atom is -0.335 e. The molecule has 6 nitrogen and oxygen atoms in total. The lowest BCUT2D eigenvalue weighted by molar-refractivity contribution is 0.0702. The van der Waals surface area contributed by atoms with Gasteiger partial charge in [0.05, 0.1) is 16.2 Å². The zero-order valence-electron chi connectivity index (χ0n) is 15.5. The first-order valence-electron chi connectivity index (χ1n) is 8.61. The summed E-state index contributed by atoms with van der Waals surface area (Å²) in [6, 6.07) is 6.40. The van der Waals surface area contributed by atoms with Crippen molar-refractivity contribution >= 4 is 38.9 Å². The molecule has 27 heavy (non-hydrogen) atoms. The van der Waals surface area contributed by atoms with Crippen LogP contribution in [0.1, 0.15) is 35.5 Å². The number of hydrogen-bond acceptors (Lipinski definition) is 5. The standard InChI is InChI=1S/C18H22ClN3O3S2/c1-18(2,3)17-20-12-14(26-17)16(23)21-8-10-22(11-9-21)27(24,25)15-7-5-4-6-13(15)19/h4-7,12H,8-11H2,1-3H3. The number of amides is 1. The molecule has 1 aliphatic rings. The van der Waals surface area contributed by atoms with Crippen LogP contribution in [-0.4, -0.2) is 54.7 Å². The second kappa shape index (κ2) is 7.50. The topological polar surface area (TPSA) is 70.6 Å². The van der Waals surface area contributed by atoms with Crippen LogP contribution >= 0.6 is 22.9 Å². The minimum absolute atomic E-state index is 0.0993. The van der Waals surface area contributed by atoms with Crippen molar-refractivity contribution in [2.24, 2.45) is 0 Å². The van der Waals surface area contributed by atoms with E-state index in [0.717, 1.165) is 5.01 Å². The molecule has 3 rings (SSSR count). The summed E-state index contributed by atoms with van der Waals surface area (Å²) in [5.41, 5.74) is -0.106. The van der Waals surface area contributed by atoms with Crippen molar-refractivity contribution in [2.45, 2.75) is 31.1 Å². The number of rotatable bonds is 3. The van der Waals surface area contributed by atoms with Crippen LogP contribution in [0.4, 0.5) is 0 Å². The molecule has 1 fully saturated rings. The van der Waals surface area contributed by atoms with Gasteiger partial charge < -0.3 is 4.90 Å². The first-order chi connectivity index (χ1) is 12.6. The number of hydrogen-bond donors (Lipinski definition) is 0. The Morgan fingerprint density at radius 3 is 2.33 bits per heavy atom. The summed E-state index contributed by atoms with van der Waals surface area (Å²) < 4.78 is 27.0. The Hall–Kier alpha value is -1.48. The van der Waals surface area contributed by atoms with Crippen molar-refractivity contribution in [1.29, 1.82) is 0 Å². The number of thiazole rings is 1. The number of aromatic nitrogens is 1. The molecule has 1 aromatic heterocycles. The van der Waals surface area contributed by atoms with Gasteiger partial charge in [0.2, 0.25) is 10.0 Å². The molecule has 0 spiro atoms. The number of carbonyl (C=O) groups excluding carboxylic acids is 1. The van der Waals surface area contributed by atoms with E-state index in [2.05, 4.69) is 25.8 Å². The Labute approximate surface area is 168 Å². The second-order valence-electron chi connectivity index (χ2n) is 7.41. The fourth-order valence-corrected chi connectivity index (χ4v) is 5.66. The van der Waals surface area contributed by atoms with Gasteiger partial charge in [0.15, 0.2) is 0 Å². The highest BCUT2D eigenvalue weighted by Gasteiger charge is 2.32. The van der Waals surface area contributed by atoms with Gasteiger partial charge in [0.1, 0.15) is 9.77 Å². The lowest BCUT2D eigenvalue weighted by atomic mass is 9.98. The third-order valence-corrected chi connectivity index (χ3v) is 8.15. The summed E-state index contributed by atoms with van der Waals surface area (Å²) in [7, 11) is -3.67. The SMILES string of the molecule is CC(C)(C)c1ncc(C(=O)N2CCN(S(=O)(=O)c3ccccc3Cl)CC2)s1. The molecule has 0 bridgehead atoms. The molecule has 0 aliphatic carbocycles. The highest BCUT2D eigenvalue weighted by Crippen LogP contribution is 2.28. The maximum atomic E-state index is 12.8. The van der Waals surface area contributed by atoms with E-state index in [-0.39, 0.29) is 34.3 Å². The van der Waals surface area contributed by atoms with Crippen molar-refractivity contribution in [3.63, 3.8) is 0 Å². The summed E-state index contributed by atoms with van der Waals surface area (Å²) in [4.78, 5) is 19.5. The molecule has 2 heterocycles. The number of halogens is 1. The number of nitrogens with zero attached hydrogens (tertiary/aromatic N) is 3. The maximum Gasteiger partial charge on any atom is 0.265 e. The first kappa shape index (κ1) is 20.3. The maximum absolute atomic E-state index is 12.8. The predicted octanol–water partition coefficient (Wildman–Crippen LogP) is 3.24. The van der Waals surface area contributed by atoms with Gasteiger partial charge in [-0.05, 0) is 12.1 Å². The molecular weight excluding hydrogens is 406 g/mol. The Balaban J connectivity index is 1.69. The molecule has 2 aromatic rings. The summed E-state index contributed by atoms with van der Waals surface area (Å²) >= 11 is 7.45. The van der Waals surface area contributed by atoms with Gasteiger partial charge in [-0.15, -0.1) is 11.3 Å². The zero-order valence-corrected chi connectivity index (χ0v) is 17.9. The summed E-state index contributed by atoms with van der Waals surface area (Å²) in [6.07, 6.45) is 1.61. The Kier molecular flexibility index (Phi) is 5.63. The molecular formula is C18H22ClN3O3S2. The molecule has 146 valence electrons. The van der Waals surface area contributed by atoms with Crippen LogP contribution < -0.4 is 0 Å². The molecule has 1 aromatic carbocycles. The Bertz CT molecular complexity index is 943. The Morgan fingerprint density at radius 1 is 1.15 bits per heavy atom. The summed E-state index contributed by atoms with van der Waals surface area (Å²) in [5, 5.41) is 1.11. The number of carbonyl (C=O) groups is 1. The van der Waals surface area contributed by atoms with Crippen molar-refractivity contribution < 1.29 is 13.2 Å². The highest BCUT2D eigenvalue weighted by molar-refractivity contribution is 7.89. The van der Waals surface area contributed by atoms with Gasteiger partial charge in [-0.3, -0.25) is 4.79 Å². The largest absolute Gasteiger partial charge is 0.335 e. The quantitative estimate of drug-likeness (QED) is 0.753. The minimum atomic E-state index is -3.67. The van der Waals surface area contributed by atoms with Crippen LogP contribution in [0.2, 0.25) is 5.02 Å². The van der Waals surface area contributed by atoms with Crippen molar-refractivity contribution in [3.8, 4) is 0 Å². The van der Waals surface area contributed by atoms with E-state index in [0.29, 0.717) is 18.0 Å². The fourth-order valence-electron chi connectivity index (χ4n) is 2.80. The highest BCUT2D eigenvalue weighted by atomic mass is 35.5. The predicted molar refractivity (Wildman–Crippen MR) is 107 cm³/mol. The van der Waals surface area contributed by atoms with E-state index in [1.807, 2.05) is 0 Å². The molecule has 9 heteroatoms. The van der Waals surface area contributed by atoms with E-state index in [9.17, 15) is 13.2 Å². The third kappa shape index (κ3) is 4.18. The van der Waals surface area contributed by atoms with Gasteiger partial charge in [-0.25, -0.2) is 13.4 Å². The van der Waals surface area contributed by atoms with E-state index in [1.54, 1.807) is 29.3 Å². The van der Waals surface area contributed by atoms with E-state index >= 15 is 0 Å². The van der Waals surface area contributed by atoms with Crippen LogP contribution in [0.25, 0.3) is 0 Å². The van der Waals surface area contributed by atoms with Crippen LogP contribution in [0, 0.1) is 0 Å². The monoisotopic (exact) mass is 427 g/mol. The first-order valence-corrected chi connectivity index (χ1v) is 11.2. The van der Waals surface area contributed by atoms with E-state index in [1.165, 1.54) is 21.7 Å². The van der Waals surface area contributed by atoms with Crippen LogP contribution in [0.3, 0.4) is 0 Å². The Morgan fingerprint density at radius 2 is 1.78 bits per heavy atom. The molecule has 1 aliphatic heterocycles. The number of benzene rings is 1. The molecule has 0 saturated carbocycles. The van der Waals surface area contributed by atoms with Crippen LogP contribution in [0.15, 0.2) is 35.4 Å². The molecule has 0 unspecified atom stereocenters. The van der Waals surface area contributed by atoms with Gasteiger partial charge in [0, 0.05) is 31.6 Å².